The smallest absolute Gasteiger partial charge is 0.119 e. The van der Waals surface area contributed by atoms with Crippen LogP contribution in [0.5, 0.6) is 5.75 Å². The van der Waals surface area contributed by atoms with Gasteiger partial charge in [0.05, 0.1) is 6.61 Å². The molecule has 0 fully saturated rings. The van der Waals surface area contributed by atoms with Crippen LogP contribution in [0, 0.1) is 0 Å². The number of hydrogen-bond acceptors (Lipinski definition) is 2. The van der Waals surface area contributed by atoms with E-state index in [1.54, 1.807) is 6.92 Å². The average molecular weight is 272 g/mol. The molecule has 1 unspecified atom stereocenters. The predicted octanol–water partition coefficient (Wildman–Crippen LogP) is 4.37. The van der Waals surface area contributed by atoms with Gasteiger partial charge >= 0.3 is 0 Å². The Balaban J connectivity index is 0.000000956. The molecule has 0 spiro atoms. The summed E-state index contributed by atoms with van der Waals surface area (Å²) in [5.74, 6) is 0.784. The molecule has 2 aromatic carbocycles. The number of hydrogen-bond donors (Lipinski definition) is 1. The van der Waals surface area contributed by atoms with Crippen molar-refractivity contribution < 1.29 is 9.84 Å². The van der Waals surface area contributed by atoms with Crippen molar-refractivity contribution in [3.8, 4) is 5.75 Å². The number of ether oxygens (including phenoxy) is 1. The minimum atomic E-state index is -1.01. The van der Waals surface area contributed by atoms with Gasteiger partial charge in [-0.05, 0) is 37.1 Å². The van der Waals surface area contributed by atoms with Gasteiger partial charge in [-0.3, -0.25) is 0 Å². The summed E-state index contributed by atoms with van der Waals surface area (Å²) in [5.41, 5.74) is 0.701. The van der Waals surface area contributed by atoms with Gasteiger partial charge in [0.15, 0.2) is 0 Å². The molecule has 2 aromatic rings. The van der Waals surface area contributed by atoms with Crippen molar-refractivity contribution >= 4 is 0 Å². The van der Waals surface area contributed by atoms with Gasteiger partial charge in [0.25, 0.3) is 0 Å². The molecule has 0 saturated carbocycles. The molecule has 20 heavy (non-hydrogen) atoms. The highest BCUT2D eigenvalue weighted by atomic mass is 16.5. The second-order valence-corrected chi connectivity index (χ2v) is 4.40. The lowest BCUT2D eigenvalue weighted by molar-refractivity contribution is 0.102. The lowest BCUT2D eigenvalue weighted by atomic mass is 9.88. The van der Waals surface area contributed by atoms with Crippen molar-refractivity contribution in [3.63, 3.8) is 0 Å². The second-order valence-electron chi connectivity index (χ2n) is 4.40. The minimum absolute atomic E-state index is 0.622. The van der Waals surface area contributed by atoms with Crippen LogP contribution in [0.25, 0.3) is 0 Å². The van der Waals surface area contributed by atoms with Crippen LogP contribution in [0.2, 0.25) is 0 Å². The van der Waals surface area contributed by atoms with Gasteiger partial charge in [0.1, 0.15) is 11.4 Å². The summed E-state index contributed by atoms with van der Waals surface area (Å²) in [6.07, 6.45) is 0. The third-order valence-electron chi connectivity index (χ3n) is 3.04. The summed E-state index contributed by atoms with van der Waals surface area (Å²) in [7, 11) is 0. The Labute approximate surface area is 122 Å². The highest BCUT2D eigenvalue weighted by molar-refractivity contribution is 5.39. The van der Waals surface area contributed by atoms with Crippen LogP contribution in [0.3, 0.4) is 0 Å². The van der Waals surface area contributed by atoms with Crippen molar-refractivity contribution in [2.24, 2.45) is 0 Å². The Hall–Kier alpha value is -1.80. The van der Waals surface area contributed by atoms with Gasteiger partial charge in [-0.15, -0.1) is 0 Å². The van der Waals surface area contributed by atoms with Crippen LogP contribution in [-0.4, -0.2) is 11.7 Å². The largest absolute Gasteiger partial charge is 0.494 e. The first kappa shape index (κ1) is 16.3. The van der Waals surface area contributed by atoms with Crippen LogP contribution in [0.4, 0.5) is 0 Å². The first-order valence-corrected chi connectivity index (χ1v) is 7.16. The van der Waals surface area contributed by atoms with Crippen molar-refractivity contribution in [2.75, 3.05) is 6.61 Å². The maximum absolute atomic E-state index is 10.7. The van der Waals surface area contributed by atoms with Gasteiger partial charge in [-0.1, -0.05) is 56.3 Å². The van der Waals surface area contributed by atoms with E-state index >= 15 is 0 Å². The molecule has 0 radical (unpaired) electrons. The fraction of sp³-hybridized carbons (Fsp3) is 0.333. The summed E-state index contributed by atoms with van der Waals surface area (Å²) in [5, 5.41) is 10.7. The SMILES string of the molecule is CC.CCOc1cccc(C(C)(O)c2ccccc2)c1. The van der Waals surface area contributed by atoms with E-state index in [0.29, 0.717) is 6.61 Å². The van der Waals surface area contributed by atoms with Crippen molar-refractivity contribution in [2.45, 2.75) is 33.3 Å². The normalized spacial score (nSPS) is 12.8. The molecule has 2 rings (SSSR count). The van der Waals surface area contributed by atoms with Gasteiger partial charge in [0, 0.05) is 0 Å². The fourth-order valence-electron chi connectivity index (χ4n) is 1.98. The van der Waals surface area contributed by atoms with E-state index in [4.69, 9.17) is 4.74 Å². The second kappa shape index (κ2) is 7.71. The van der Waals surface area contributed by atoms with E-state index in [-0.39, 0.29) is 0 Å². The zero-order valence-corrected chi connectivity index (χ0v) is 12.8. The lowest BCUT2D eigenvalue weighted by Gasteiger charge is -2.25. The number of aliphatic hydroxyl groups is 1. The van der Waals surface area contributed by atoms with Crippen LogP contribution < -0.4 is 4.74 Å². The van der Waals surface area contributed by atoms with Gasteiger partial charge in [0.2, 0.25) is 0 Å². The van der Waals surface area contributed by atoms with E-state index in [9.17, 15) is 5.11 Å². The first-order chi connectivity index (χ1) is 9.64. The molecule has 0 aromatic heterocycles. The molecule has 0 aliphatic rings. The standard InChI is InChI=1S/C16H18O2.C2H6/c1-3-18-15-11-7-10-14(12-15)16(2,17)13-8-5-4-6-9-13;1-2/h4-12,17H,3H2,1-2H3;1-2H3. The molecule has 108 valence electrons. The maximum Gasteiger partial charge on any atom is 0.119 e. The first-order valence-electron chi connectivity index (χ1n) is 7.16. The highest BCUT2D eigenvalue weighted by Gasteiger charge is 2.25. The van der Waals surface area contributed by atoms with Crippen molar-refractivity contribution in [1.82, 2.24) is 0 Å². The highest BCUT2D eigenvalue weighted by Crippen LogP contribution is 2.30. The third kappa shape index (κ3) is 3.84. The lowest BCUT2D eigenvalue weighted by Crippen LogP contribution is -2.22. The molecule has 0 amide bonds. The predicted molar refractivity (Wildman–Crippen MR) is 84.1 cm³/mol. The van der Waals surface area contributed by atoms with E-state index in [0.717, 1.165) is 16.9 Å². The van der Waals surface area contributed by atoms with Crippen LogP contribution in [0.1, 0.15) is 38.8 Å². The Bertz CT molecular complexity index is 504. The van der Waals surface area contributed by atoms with Gasteiger partial charge in [-0.2, -0.15) is 0 Å². The fourth-order valence-corrected chi connectivity index (χ4v) is 1.98. The Kier molecular flexibility index (Phi) is 6.26. The number of rotatable bonds is 4. The molecule has 0 aliphatic carbocycles. The summed E-state index contributed by atoms with van der Waals surface area (Å²) in [6, 6.07) is 17.2. The van der Waals surface area contributed by atoms with Crippen LogP contribution in [-0.2, 0) is 5.60 Å². The molecule has 2 nitrogen and oxygen atoms in total. The Morgan fingerprint density at radius 2 is 1.55 bits per heavy atom. The summed E-state index contributed by atoms with van der Waals surface area (Å²) in [6.45, 7) is 8.37. The van der Waals surface area contributed by atoms with Gasteiger partial charge in [-0.25, -0.2) is 0 Å². The summed E-state index contributed by atoms with van der Waals surface area (Å²) < 4.78 is 5.47. The topological polar surface area (TPSA) is 29.5 Å². The molecular weight excluding hydrogens is 248 g/mol. The van der Waals surface area contributed by atoms with E-state index < -0.39 is 5.60 Å². The Morgan fingerprint density at radius 1 is 0.950 bits per heavy atom. The average Bonchev–Trinajstić information content (AvgIpc) is 2.51. The molecule has 0 aliphatic heterocycles. The Morgan fingerprint density at radius 3 is 2.15 bits per heavy atom. The van der Waals surface area contributed by atoms with E-state index in [2.05, 4.69) is 0 Å². The molecule has 1 N–H and O–H groups in total. The summed E-state index contributed by atoms with van der Waals surface area (Å²) in [4.78, 5) is 0. The third-order valence-corrected chi connectivity index (χ3v) is 3.04. The number of benzene rings is 2. The zero-order chi connectivity index (χ0) is 15.0. The monoisotopic (exact) mass is 272 g/mol. The van der Waals surface area contributed by atoms with E-state index in [1.807, 2.05) is 75.4 Å². The maximum atomic E-state index is 10.7. The summed E-state index contributed by atoms with van der Waals surface area (Å²) >= 11 is 0. The van der Waals surface area contributed by atoms with Crippen LogP contribution in [0.15, 0.2) is 54.6 Å². The van der Waals surface area contributed by atoms with Crippen LogP contribution >= 0.6 is 0 Å². The molecule has 2 heteroatoms. The van der Waals surface area contributed by atoms with Crippen molar-refractivity contribution in [3.05, 3.63) is 65.7 Å². The molecule has 0 saturated heterocycles. The van der Waals surface area contributed by atoms with E-state index in [1.165, 1.54) is 0 Å². The molecule has 0 heterocycles. The van der Waals surface area contributed by atoms with Crippen molar-refractivity contribution in [1.29, 1.82) is 0 Å². The minimum Gasteiger partial charge on any atom is -0.494 e. The molecular formula is C18H24O2. The van der Waals surface area contributed by atoms with Gasteiger partial charge < -0.3 is 9.84 Å². The molecule has 1 atom stereocenters. The molecule has 0 bridgehead atoms. The quantitative estimate of drug-likeness (QED) is 0.895. The zero-order valence-electron chi connectivity index (χ0n) is 12.8.